The van der Waals surface area contributed by atoms with Crippen LogP contribution in [0.1, 0.15) is 16.0 Å². The van der Waals surface area contributed by atoms with E-state index in [4.69, 9.17) is 9.47 Å². The van der Waals surface area contributed by atoms with Gasteiger partial charge < -0.3 is 9.47 Å². The molecule has 0 unspecified atom stereocenters. The minimum Gasteiger partial charge on any atom is -0.489 e. The number of rotatable bonds is 5. The summed E-state index contributed by atoms with van der Waals surface area (Å²) in [5, 5.41) is 1.92. The number of esters is 1. The molecule has 134 valence electrons. The lowest BCUT2D eigenvalue weighted by atomic mass is 10.2. The van der Waals surface area contributed by atoms with Crippen LogP contribution in [0.2, 0.25) is 0 Å². The van der Waals surface area contributed by atoms with Gasteiger partial charge in [-0.05, 0) is 75.5 Å². The van der Waals surface area contributed by atoms with Gasteiger partial charge in [0.05, 0.1) is 4.88 Å². The highest BCUT2D eigenvalue weighted by Gasteiger charge is 2.24. The molecule has 4 rings (SSSR count). The fourth-order valence-corrected chi connectivity index (χ4v) is 3.52. The maximum Gasteiger partial charge on any atom is 0.363 e. The molecule has 3 aromatic rings. The summed E-state index contributed by atoms with van der Waals surface area (Å²) in [5.74, 6) is 0.646. The van der Waals surface area contributed by atoms with Crippen molar-refractivity contribution in [3.8, 4) is 5.75 Å². The number of aliphatic imine (C=N–C) groups is 1. The lowest BCUT2D eigenvalue weighted by Gasteiger charge is -2.07. The van der Waals surface area contributed by atoms with Crippen LogP contribution in [0, 0.1) is 3.57 Å². The van der Waals surface area contributed by atoms with Gasteiger partial charge in [-0.15, -0.1) is 11.3 Å². The maximum absolute atomic E-state index is 12.1. The summed E-state index contributed by atoms with van der Waals surface area (Å²) >= 11 is 3.76. The SMILES string of the molecule is O=C1OC(c2cccs2)=N/C1=C/c1cccc(OCc2ccc(I)cc2)c1. The summed E-state index contributed by atoms with van der Waals surface area (Å²) < 4.78 is 12.3. The molecule has 0 bridgehead atoms. The van der Waals surface area contributed by atoms with Gasteiger partial charge in [-0.3, -0.25) is 0 Å². The molecule has 0 saturated heterocycles. The van der Waals surface area contributed by atoms with E-state index in [9.17, 15) is 4.79 Å². The lowest BCUT2D eigenvalue weighted by Crippen LogP contribution is -2.03. The Morgan fingerprint density at radius 1 is 1.11 bits per heavy atom. The average molecular weight is 487 g/mol. The minimum absolute atomic E-state index is 0.285. The van der Waals surface area contributed by atoms with E-state index in [2.05, 4.69) is 39.7 Å². The molecule has 6 heteroatoms. The van der Waals surface area contributed by atoms with Crippen molar-refractivity contribution >= 4 is 51.9 Å². The van der Waals surface area contributed by atoms with E-state index in [-0.39, 0.29) is 5.70 Å². The first-order chi connectivity index (χ1) is 13.2. The van der Waals surface area contributed by atoms with Crippen LogP contribution < -0.4 is 4.74 Å². The number of ether oxygens (including phenoxy) is 2. The van der Waals surface area contributed by atoms with Crippen molar-refractivity contribution in [3.63, 3.8) is 0 Å². The normalized spacial score (nSPS) is 14.9. The molecular weight excluding hydrogens is 473 g/mol. The molecule has 1 aliphatic heterocycles. The smallest absolute Gasteiger partial charge is 0.363 e. The number of hydrogen-bond acceptors (Lipinski definition) is 5. The number of thiophene rings is 1. The van der Waals surface area contributed by atoms with Crippen molar-refractivity contribution < 1.29 is 14.3 Å². The molecule has 0 N–H and O–H groups in total. The van der Waals surface area contributed by atoms with Crippen LogP contribution in [-0.2, 0) is 16.1 Å². The first-order valence-electron chi connectivity index (χ1n) is 8.21. The summed E-state index contributed by atoms with van der Waals surface area (Å²) in [5.41, 5.74) is 2.22. The molecule has 1 aliphatic rings. The highest BCUT2D eigenvalue weighted by atomic mass is 127. The Labute approximate surface area is 174 Å². The number of halogens is 1. The Kier molecular flexibility index (Phi) is 5.35. The Morgan fingerprint density at radius 2 is 1.96 bits per heavy atom. The zero-order valence-corrected chi connectivity index (χ0v) is 17.1. The molecular formula is C21H14INO3S. The van der Waals surface area contributed by atoms with Gasteiger partial charge in [0.1, 0.15) is 12.4 Å². The second-order valence-electron chi connectivity index (χ2n) is 5.80. The summed E-state index contributed by atoms with van der Waals surface area (Å²) in [6.45, 7) is 0.486. The summed E-state index contributed by atoms with van der Waals surface area (Å²) in [6, 6.07) is 19.5. The van der Waals surface area contributed by atoms with Gasteiger partial charge >= 0.3 is 5.97 Å². The molecule has 0 spiro atoms. The number of benzene rings is 2. The van der Waals surface area contributed by atoms with Crippen LogP contribution in [0.15, 0.2) is 76.7 Å². The third-order valence-electron chi connectivity index (χ3n) is 3.83. The van der Waals surface area contributed by atoms with Crippen molar-refractivity contribution in [2.24, 2.45) is 4.99 Å². The zero-order chi connectivity index (χ0) is 18.6. The summed E-state index contributed by atoms with van der Waals surface area (Å²) in [4.78, 5) is 17.2. The molecule has 1 aromatic heterocycles. The first kappa shape index (κ1) is 17.9. The fourth-order valence-electron chi connectivity index (χ4n) is 2.51. The molecule has 4 nitrogen and oxygen atoms in total. The van der Waals surface area contributed by atoms with Gasteiger partial charge in [0, 0.05) is 3.57 Å². The predicted molar refractivity (Wildman–Crippen MR) is 115 cm³/mol. The van der Waals surface area contributed by atoms with Crippen molar-refractivity contribution in [1.29, 1.82) is 0 Å². The topological polar surface area (TPSA) is 47.9 Å². The molecule has 0 saturated carbocycles. The van der Waals surface area contributed by atoms with Crippen molar-refractivity contribution in [2.45, 2.75) is 6.61 Å². The zero-order valence-electron chi connectivity index (χ0n) is 14.1. The van der Waals surface area contributed by atoms with Crippen LogP contribution in [0.5, 0.6) is 5.75 Å². The standard InChI is InChI=1S/C21H14INO3S/c22-16-8-6-14(7-9-16)13-25-17-4-1-3-15(11-17)12-18-21(24)26-20(23-18)19-5-2-10-27-19/h1-12H,13H2/b18-12+. The lowest BCUT2D eigenvalue weighted by molar-refractivity contribution is -0.129. The fraction of sp³-hybridized carbons (Fsp3) is 0.0476. The molecule has 27 heavy (non-hydrogen) atoms. The van der Waals surface area contributed by atoms with Gasteiger partial charge in [-0.1, -0.05) is 30.3 Å². The molecule has 0 fully saturated rings. The second kappa shape index (κ2) is 8.06. The van der Waals surface area contributed by atoms with Crippen LogP contribution in [0.25, 0.3) is 6.08 Å². The van der Waals surface area contributed by atoms with E-state index in [1.807, 2.05) is 53.9 Å². The number of hydrogen-bond donors (Lipinski definition) is 0. The highest BCUT2D eigenvalue weighted by Crippen LogP contribution is 2.23. The molecule has 0 aliphatic carbocycles. The van der Waals surface area contributed by atoms with Crippen molar-refractivity contribution in [1.82, 2.24) is 0 Å². The monoisotopic (exact) mass is 487 g/mol. The summed E-state index contributed by atoms with van der Waals surface area (Å²) in [6.07, 6.45) is 1.71. The molecule has 0 radical (unpaired) electrons. The molecule has 2 aromatic carbocycles. The van der Waals surface area contributed by atoms with E-state index in [1.165, 1.54) is 14.9 Å². The Balaban J connectivity index is 1.49. The Bertz CT molecular complexity index is 1020. The van der Waals surface area contributed by atoms with Gasteiger partial charge in [0.15, 0.2) is 5.70 Å². The van der Waals surface area contributed by atoms with E-state index < -0.39 is 5.97 Å². The molecule has 2 heterocycles. The number of nitrogens with zero attached hydrogens (tertiary/aromatic N) is 1. The maximum atomic E-state index is 12.1. The third kappa shape index (κ3) is 4.45. The largest absolute Gasteiger partial charge is 0.489 e. The van der Waals surface area contributed by atoms with Gasteiger partial charge in [0.2, 0.25) is 5.90 Å². The van der Waals surface area contributed by atoms with Crippen molar-refractivity contribution in [2.75, 3.05) is 0 Å². The molecule has 0 amide bonds. The van der Waals surface area contributed by atoms with Gasteiger partial charge in [-0.25, -0.2) is 9.79 Å². The van der Waals surface area contributed by atoms with Crippen LogP contribution in [0.4, 0.5) is 0 Å². The van der Waals surface area contributed by atoms with Gasteiger partial charge in [0.25, 0.3) is 0 Å². The van der Waals surface area contributed by atoms with Crippen LogP contribution >= 0.6 is 33.9 Å². The predicted octanol–water partition coefficient (Wildman–Crippen LogP) is 5.28. The quantitative estimate of drug-likeness (QED) is 0.280. The van der Waals surface area contributed by atoms with Gasteiger partial charge in [-0.2, -0.15) is 0 Å². The molecule has 0 atom stereocenters. The van der Waals surface area contributed by atoms with Crippen LogP contribution in [-0.4, -0.2) is 11.9 Å². The minimum atomic E-state index is -0.441. The summed E-state index contributed by atoms with van der Waals surface area (Å²) in [7, 11) is 0. The number of carbonyl (C=O) groups excluding carboxylic acids is 1. The third-order valence-corrected chi connectivity index (χ3v) is 5.41. The Morgan fingerprint density at radius 3 is 2.74 bits per heavy atom. The van der Waals surface area contributed by atoms with E-state index in [0.29, 0.717) is 12.5 Å². The second-order valence-corrected chi connectivity index (χ2v) is 7.99. The number of carbonyl (C=O) groups is 1. The number of cyclic esters (lactones) is 1. The average Bonchev–Trinajstić information content (AvgIpc) is 3.32. The first-order valence-corrected chi connectivity index (χ1v) is 10.2. The van der Waals surface area contributed by atoms with E-state index in [1.54, 1.807) is 6.08 Å². The van der Waals surface area contributed by atoms with E-state index >= 15 is 0 Å². The van der Waals surface area contributed by atoms with Crippen molar-refractivity contribution in [3.05, 3.63) is 91.3 Å². The van der Waals surface area contributed by atoms with E-state index in [0.717, 1.165) is 21.8 Å². The van der Waals surface area contributed by atoms with Crippen LogP contribution in [0.3, 0.4) is 0 Å². The highest BCUT2D eigenvalue weighted by molar-refractivity contribution is 14.1. The Hall–Kier alpha value is -2.45.